The summed E-state index contributed by atoms with van der Waals surface area (Å²) in [5.74, 6) is 0.990. The molecule has 4 heteroatoms. The van der Waals surface area contributed by atoms with Crippen LogP contribution < -0.4 is 9.47 Å². The lowest BCUT2D eigenvalue weighted by molar-refractivity contribution is -0.606. The molecule has 0 fully saturated rings. The van der Waals surface area contributed by atoms with Crippen LogP contribution in [0.2, 0.25) is 0 Å². The Bertz CT molecular complexity index is 817. The van der Waals surface area contributed by atoms with Crippen LogP contribution in [0, 0.1) is 13.8 Å². The highest BCUT2D eigenvalue weighted by Gasteiger charge is 2.27. The molecule has 1 aromatic heterocycles. The quantitative estimate of drug-likeness (QED) is 0.778. The Morgan fingerprint density at radius 3 is 2.40 bits per heavy atom. The maximum Gasteiger partial charge on any atom is 0.300 e. The van der Waals surface area contributed by atoms with E-state index in [4.69, 9.17) is 0 Å². The van der Waals surface area contributed by atoms with E-state index in [0.717, 1.165) is 5.82 Å². The Kier molecular flexibility index (Phi) is 4.31. The number of hydrogen-bond donors (Lipinski definition) is 0. The lowest BCUT2D eigenvalue weighted by Gasteiger charge is -2.30. The van der Waals surface area contributed by atoms with Gasteiger partial charge in [0.2, 0.25) is 0 Å². The topological polar surface area (TPSA) is 23.2 Å². The molecular formula is C21H29N4+. The summed E-state index contributed by atoms with van der Waals surface area (Å²) < 4.78 is 2.18. The van der Waals surface area contributed by atoms with E-state index in [1.165, 1.54) is 22.5 Å². The van der Waals surface area contributed by atoms with Crippen LogP contribution >= 0.6 is 0 Å². The molecule has 1 atom stereocenters. The van der Waals surface area contributed by atoms with Crippen LogP contribution in [-0.2, 0) is 5.41 Å². The minimum Gasteiger partial charge on any atom is -0.359 e. The number of hydrogen-bond acceptors (Lipinski definition) is 3. The second-order valence-electron chi connectivity index (χ2n) is 7.93. The summed E-state index contributed by atoms with van der Waals surface area (Å²) in [5, 5.41) is 0. The Hall–Kier alpha value is -2.36. The number of anilines is 1. The van der Waals surface area contributed by atoms with Crippen molar-refractivity contribution in [1.29, 1.82) is 0 Å². The summed E-state index contributed by atoms with van der Waals surface area (Å²) in [5.41, 5.74) is 5.12. The average Bonchev–Trinajstić information content (AvgIpc) is 2.87. The standard InChI is InChI=1S/C21H29N4/c1-15-19(24-10-8-9-22-16(24)2)13-18(21(4,5)6)14-20(15)25-12-11-23(7)17(25)3/h8-14,17H,1-7H3/q+1/t17-/m1/s1. The largest absolute Gasteiger partial charge is 0.359 e. The molecule has 0 bridgehead atoms. The van der Waals surface area contributed by atoms with Crippen molar-refractivity contribution in [2.45, 2.75) is 53.1 Å². The molecule has 1 aromatic carbocycles. The van der Waals surface area contributed by atoms with Crippen molar-refractivity contribution in [3.63, 3.8) is 0 Å². The second kappa shape index (κ2) is 6.17. The average molecular weight is 337 g/mol. The van der Waals surface area contributed by atoms with Crippen molar-refractivity contribution in [2.24, 2.45) is 0 Å². The molecule has 0 N–H and O–H groups in total. The summed E-state index contributed by atoms with van der Waals surface area (Å²) in [6.45, 7) is 13.3. The van der Waals surface area contributed by atoms with E-state index in [9.17, 15) is 0 Å². The third-order valence-corrected chi connectivity index (χ3v) is 5.14. The van der Waals surface area contributed by atoms with Crippen molar-refractivity contribution >= 4 is 5.69 Å². The van der Waals surface area contributed by atoms with Gasteiger partial charge in [0, 0.05) is 43.7 Å². The van der Waals surface area contributed by atoms with Crippen LogP contribution in [0.25, 0.3) is 5.69 Å². The van der Waals surface area contributed by atoms with E-state index >= 15 is 0 Å². The smallest absolute Gasteiger partial charge is 0.300 e. The van der Waals surface area contributed by atoms with E-state index < -0.39 is 0 Å². The molecular weight excluding hydrogens is 308 g/mol. The van der Waals surface area contributed by atoms with E-state index in [0.29, 0.717) is 6.17 Å². The van der Waals surface area contributed by atoms with Crippen molar-refractivity contribution in [3.8, 4) is 5.69 Å². The molecule has 4 nitrogen and oxygen atoms in total. The third kappa shape index (κ3) is 3.13. The van der Waals surface area contributed by atoms with Crippen molar-refractivity contribution in [2.75, 3.05) is 11.9 Å². The van der Waals surface area contributed by atoms with Gasteiger partial charge in [-0.2, -0.15) is 0 Å². The van der Waals surface area contributed by atoms with Crippen LogP contribution in [-0.4, -0.2) is 23.1 Å². The molecule has 0 saturated carbocycles. The van der Waals surface area contributed by atoms with Crippen molar-refractivity contribution < 1.29 is 4.57 Å². The number of rotatable bonds is 2. The summed E-state index contributed by atoms with van der Waals surface area (Å²) in [7, 11) is 2.12. The van der Waals surface area contributed by atoms with Crippen molar-refractivity contribution in [1.82, 2.24) is 9.88 Å². The first-order chi connectivity index (χ1) is 11.7. The molecule has 0 saturated heterocycles. The fourth-order valence-electron chi connectivity index (χ4n) is 3.24. The molecule has 0 aliphatic carbocycles. The first-order valence-corrected chi connectivity index (χ1v) is 8.87. The fraction of sp³-hybridized carbons (Fsp3) is 0.429. The van der Waals surface area contributed by atoms with Gasteiger partial charge in [0.25, 0.3) is 5.82 Å². The summed E-state index contributed by atoms with van der Waals surface area (Å²) in [6.07, 6.45) is 8.55. The highest BCUT2D eigenvalue weighted by Crippen LogP contribution is 2.34. The van der Waals surface area contributed by atoms with Gasteiger partial charge >= 0.3 is 0 Å². The number of aromatic nitrogens is 2. The molecule has 0 unspecified atom stereocenters. The zero-order chi connectivity index (χ0) is 18.4. The molecule has 0 amide bonds. The van der Waals surface area contributed by atoms with Gasteiger partial charge in [0.15, 0.2) is 0 Å². The summed E-state index contributed by atoms with van der Waals surface area (Å²) >= 11 is 0. The second-order valence-corrected chi connectivity index (χ2v) is 7.93. The minimum atomic E-state index is 0.0758. The van der Waals surface area contributed by atoms with Crippen LogP contribution in [0.1, 0.15) is 44.6 Å². The lowest BCUT2D eigenvalue weighted by Crippen LogP contribution is -2.38. The maximum absolute atomic E-state index is 4.47. The minimum absolute atomic E-state index is 0.0758. The monoisotopic (exact) mass is 337 g/mol. The first kappa shape index (κ1) is 17.5. The van der Waals surface area contributed by atoms with Gasteiger partial charge < -0.3 is 9.80 Å². The van der Waals surface area contributed by atoms with Crippen LogP contribution in [0.5, 0.6) is 0 Å². The predicted octanol–water partition coefficient (Wildman–Crippen LogP) is 3.84. The van der Waals surface area contributed by atoms with E-state index in [-0.39, 0.29) is 5.41 Å². The predicted molar refractivity (Wildman–Crippen MR) is 103 cm³/mol. The molecule has 2 aromatic rings. The van der Waals surface area contributed by atoms with Gasteiger partial charge in [-0.05, 0) is 37.0 Å². The summed E-state index contributed by atoms with van der Waals surface area (Å²) in [4.78, 5) is 9.04. The van der Waals surface area contributed by atoms with Crippen LogP contribution in [0.15, 0.2) is 43.0 Å². The van der Waals surface area contributed by atoms with E-state index in [2.05, 4.69) is 98.7 Å². The zero-order valence-electron chi connectivity index (χ0n) is 16.4. The summed E-state index contributed by atoms with van der Waals surface area (Å²) in [6, 6.07) is 6.63. The SMILES string of the molecule is Cc1c(N2C=CN(C)[C@H]2C)cc(C(C)(C)C)cc1-[n+]1cccnc1C. The Labute approximate surface area is 151 Å². The molecule has 1 aliphatic heterocycles. The normalized spacial score (nSPS) is 17.5. The molecule has 1 aliphatic rings. The zero-order valence-corrected chi connectivity index (χ0v) is 16.4. The van der Waals surface area contributed by atoms with E-state index in [1.807, 2.05) is 12.3 Å². The molecule has 3 rings (SSSR count). The fourth-order valence-corrected chi connectivity index (χ4v) is 3.24. The molecule has 0 radical (unpaired) electrons. The van der Waals surface area contributed by atoms with Gasteiger partial charge in [0.1, 0.15) is 24.2 Å². The van der Waals surface area contributed by atoms with Gasteiger partial charge in [-0.25, -0.2) is 4.57 Å². The first-order valence-electron chi connectivity index (χ1n) is 8.87. The Balaban J connectivity index is 2.24. The Morgan fingerprint density at radius 1 is 1.12 bits per heavy atom. The van der Waals surface area contributed by atoms with Crippen LogP contribution in [0.4, 0.5) is 5.69 Å². The molecule has 2 heterocycles. The van der Waals surface area contributed by atoms with Gasteiger partial charge in [-0.15, -0.1) is 0 Å². The maximum atomic E-state index is 4.47. The Morgan fingerprint density at radius 2 is 1.84 bits per heavy atom. The molecule has 132 valence electrons. The lowest BCUT2D eigenvalue weighted by atomic mass is 9.85. The van der Waals surface area contributed by atoms with Gasteiger partial charge in [0.05, 0.1) is 0 Å². The van der Waals surface area contributed by atoms with Crippen LogP contribution in [0.3, 0.4) is 0 Å². The third-order valence-electron chi connectivity index (χ3n) is 5.14. The van der Waals surface area contributed by atoms with Gasteiger partial charge in [-0.1, -0.05) is 25.8 Å². The highest BCUT2D eigenvalue weighted by molar-refractivity contribution is 5.64. The number of aryl methyl sites for hydroxylation is 1. The number of nitrogens with zero attached hydrogens (tertiary/aromatic N) is 4. The molecule has 25 heavy (non-hydrogen) atoms. The van der Waals surface area contributed by atoms with Gasteiger partial charge in [-0.3, -0.25) is 0 Å². The molecule has 0 spiro atoms. The van der Waals surface area contributed by atoms with Crippen molar-refractivity contribution in [3.05, 3.63) is 59.9 Å². The number of benzene rings is 1. The van der Waals surface area contributed by atoms with E-state index in [1.54, 1.807) is 0 Å². The highest BCUT2D eigenvalue weighted by atomic mass is 15.4.